The number of nitrogens with one attached hydrogen (secondary N) is 4. The first kappa shape index (κ1) is 30.5. The molecule has 0 aliphatic rings. The van der Waals surface area contributed by atoms with Crippen molar-refractivity contribution in [3.05, 3.63) is 80.1 Å². The predicted molar refractivity (Wildman–Crippen MR) is 143 cm³/mol. The first-order valence-corrected chi connectivity index (χ1v) is 13.5. The van der Waals surface area contributed by atoms with Crippen LogP contribution in [-0.2, 0) is 26.2 Å². The number of hydroxylamine groups is 1. The van der Waals surface area contributed by atoms with Crippen molar-refractivity contribution < 1.29 is 40.3 Å². The molecule has 0 saturated heterocycles. The van der Waals surface area contributed by atoms with Crippen LogP contribution in [0.4, 0.5) is 34.8 Å². The highest BCUT2D eigenvalue weighted by Crippen LogP contribution is 2.32. The zero-order chi connectivity index (χ0) is 28.7. The van der Waals surface area contributed by atoms with E-state index in [9.17, 15) is 17.6 Å². The van der Waals surface area contributed by atoms with Crippen LogP contribution in [0.2, 0.25) is 0 Å². The van der Waals surface area contributed by atoms with Crippen molar-refractivity contribution in [1.82, 2.24) is 15.2 Å². The largest absolute Gasteiger partial charge is 0.382 e. The summed E-state index contributed by atoms with van der Waals surface area (Å²) in [7, 11) is -1.63. The minimum absolute atomic E-state index is 0.0686. The van der Waals surface area contributed by atoms with E-state index in [1.54, 1.807) is 0 Å². The quantitative estimate of drug-likeness (QED) is 0.0991. The van der Waals surface area contributed by atoms with Crippen molar-refractivity contribution in [3.63, 3.8) is 0 Å². The van der Waals surface area contributed by atoms with Gasteiger partial charge in [0.25, 0.3) is 16.1 Å². The molecule has 39 heavy (non-hydrogen) atoms. The number of aromatic nitrogens is 1. The van der Waals surface area contributed by atoms with Crippen molar-refractivity contribution in [2.24, 2.45) is 0 Å². The number of benzene rings is 2. The van der Waals surface area contributed by atoms with E-state index in [-0.39, 0.29) is 24.5 Å². The molecule has 10 nitrogen and oxygen atoms in total. The van der Waals surface area contributed by atoms with E-state index in [4.69, 9.17) is 9.57 Å². The average Bonchev–Trinajstić information content (AvgIpc) is 2.89. The molecule has 1 heterocycles. The van der Waals surface area contributed by atoms with Crippen molar-refractivity contribution in [1.29, 1.82) is 0 Å². The Kier molecular flexibility index (Phi) is 10.4. The van der Waals surface area contributed by atoms with E-state index >= 15 is 13.2 Å². The van der Waals surface area contributed by atoms with E-state index in [0.717, 1.165) is 31.4 Å². The zero-order valence-corrected chi connectivity index (χ0v) is 23.3. The molecule has 1 amide bonds. The lowest BCUT2D eigenvalue weighted by Gasteiger charge is -2.17. The second kappa shape index (κ2) is 13.3. The molecule has 4 N–H and O–H groups in total. The SMILES string of the molecule is CNS(=O)(=O)Nc1nccc(Cc2cc(C(=O)NOCCOC)c(Nc3ccc(I)cc3F)c(F)c2F)c1F. The van der Waals surface area contributed by atoms with Gasteiger partial charge in [-0.3, -0.25) is 14.4 Å². The average molecular weight is 683 g/mol. The van der Waals surface area contributed by atoms with Gasteiger partial charge in [-0.15, -0.1) is 0 Å². The Bertz CT molecular complexity index is 1480. The maximum atomic E-state index is 15.4. The zero-order valence-electron chi connectivity index (χ0n) is 20.4. The summed E-state index contributed by atoms with van der Waals surface area (Å²) in [6.45, 7) is 0.0457. The van der Waals surface area contributed by atoms with Gasteiger partial charge in [-0.25, -0.2) is 32.7 Å². The number of amides is 1. The number of ether oxygens (including phenoxy) is 1. The molecule has 0 aliphatic carbocycles. The van der Waals surface area contributed by atoms with Gasteiger partial charge in [0.1, 0.15) is 5.82 Å². The third-order valence-corrected chi connectivity index (χ3v) is 6.79. The number of methoxy groups -OCH3 is 1. The molecule has 0 unspecified atom stereocenters. The molecule has 16 heteroatoms. The Morgan fingerprint density at radius 3 is 2.44 bits per heavy atom. The van der Waals surface area contributed by atoms with E-state index in [0.29, 0.717) is 3.57 Å². The molecule has 3 rings (SSSR count). The maximum Gasteiger partial charge on any atom is 0.300 e. The summed E-state index contributed by atoms with van der Waals surface area (Å²) in [6, 6.07) is 6.00. The van der Waals surface area contributed by atoms with E-state index < -0.39 is 68.4 Å². The minimum Gasteiger partial charge on any atom is -0.382 e. The normalized spacial score (nSPS) is 11.4. The van der Waals surface area contributed by atoms with E-state index in [1.807, 2.05) is 32.0 Å². The van der Waals surface area contributed by atoms with Gasteiger partial charge in [0, 0.05) is 30.3 Å². The van der Waals surface area contributed by atoms with Crippen LogP contribution in [0.15, 0.2) is 36.5 Å². The van der Waals surface area contributed by atoms with Gasteiger partial charge in [-0.2, -0.15) is 8.42 Å². The number of nitrogens with zero attached hydrogens (tertiary/aromatic N) is 1. The van der Waals surface area contributed by atoms with E-state index in [1.165, 1.54) is 19.2 Å². The molecule has 1 aromatic heterocycles. The van der Waals surface area contributed by atoms with E-state index in [2.05, 4.69) is 15.8 Å². The van der Waals surface area contributed by atoms with Crippen LogP contribution in [0, 0.1) is 26.8 Å². The molecule has 3 aromatic rings. The number of hydrogen-bond donors (Lipinski definition) is 4. The summed E-state index contributed by atoms with van der Waals surface area (Å²) in [6.07, 6.45) is 0.460. The third kappa shape index (κ3) is 7.75. The molecule has 0 fully saturated rings. The van der Waals surface area contributed by atoms with Crippen molar-refractivity contribution in [2.45, 2.75) is 6.42 Å². The molecule has 210 valence electrons. The fourth-order valence-corrected chi connectivity index (χ4v) is 4.16. The second-order valence-corrected chi connectivity index (χ2v) is 10.6. The smallest absolute Gasteiger partial charge is 0.300 e. The number of pyridine rings is 1. The van der Waals surface area contributed by atoms with Crippen molar-refractivity contribution in [3.8, 4) is 0 Å². The van der Waals surface area contributed by atoms with Crippen LogP contribution in [0.25, 0.3) is 0 Å². The van der Waals surface area contributed by atoms with Gasteiger partial charge in [0.05, 0.1) is 30.2 Å². The van der Waals surface area contributed by atoms with Gasteiger partial charge in [0.2, 0.25) is 0 Å². The number of anilines is 3. The Morgan fingerprint density at radius 1 is 1.03 bits per heavy atom. The lowest BCUT2D eigenvalue weighted by Crippen LogP contribution is -2.27. The van der Waals surface area contributed by atoms with Gasteiger partial charge in [-0.1, -0.05) is 0 Å². The first-order chi connectivity index (χ1) is 18.5. The predicted octanol–water partition coefficient (Wildman–Crippen LogP) is 3.76. The Balaban J connectivity index is 2.05. The summed E-state index contributed by atoms with van der Waals surface area (Å²) >= 11 is 1.86. The molecule has 2 aromatic carbocycles. The number of carbonyl (C=O) groups is 1. The molecule has 0 bridgehead atoms. The molecular weight excluding hydrogens is 661 g/mol. The Labute approximate surface area is 234 Å². The highest BCUT2D eigenvalue weighted by Gasteiger charge is 2.25. The minimum atomic E-state index is -4.12. The fourth-order valence-electron chi connectivity index (χ4n) is 3.21. The van der Waals surface area contributed by atoms with Crippen LogP contribution in [-0.4, -0.2) is 46.7 Å². The molecule has 0 radical (unpaired) electrons. The topological polar surface area (TPSA) is 131 Å². The molecule has 0 atom stereocenters. The van der Waals surface area contributed by atoms with Crippen LogP contribution in [0.3, 0.4) is 0 Å². The lowest BCUT2D eigenvalue weighted by atomic mass is 10.00. The van der Waals surface area contributed by atoms with Gasteiger partial charge in [-0.05, 0) is 64.0 Å². The summed E-state index contributed by atoms with van der Waals surface area (Å²) in [5.41, 5.74) is -0.0717. The third-order valence-electron chi connectivity index (χ3n) is 5.12. The van der Waals surface area contributed by atoms with Gasteiger partial charge in [0.15, 0.2) is 23.3 Å². The summed E-state index contributed by atoms with van der Waals surface area (Å²) in [4.78, 5) is 21.5. The summed E-state index contributed by atoms with van der Waals surface area (Å²) in [5.74, 6) is -6.62. The standard InChI is InChI=1S/C23H22F4IN5O5S/c1-29-39(35,36)33-22-19(26)12(5-6-30-22)9-13-10-15(23(34)32-38-8-7-37-2)21(20(27)18(13)25)31-17-4-3-14(28)11-16(17)24/h3-6,10-11,29,31H,7-9H2,1-2H3,(H,30,33)(H,32,34). The Hall–Kier alpha value is -3.06. The highest BCUT2D eigenvalue weighted by atomic mass is 127. The fraction of sp³-hybridized carbons (Fsp3) is 0.217. The van der Waals surface area contributed by atoms with Gasteiger partial charge >= 0.3 is 0 Å². The second-order valence-electron chi connectivity index (χ2n) is 7.73. The van der Waals surface area contributed by atoms with Crippen molar-refractivity contribution in [2.75, 3.05) is 37.4 Å². The van der Waals surface area contributed by atoms with Crippen LogP contribution >= 0.6 is 22.6 Å². The monoisotopic (exact) mass is 683 g/mol. The molecule has 0 saturated carbocycles. The number of rotatable bonds is 12. The highest BCUT2D eigenvalue weighted by molar-refractivity contribution is 14.1. The molecule has 0 spiro atoms. The first-order valence-electron chi connectivity index (χ1n) is 11.0. The molecular formula is C23H22F4IN5O5S. The maximum absolute atomic E-state index is 15.4. The van der Waals surface area contributed by atoms with Crippen LogP contribution in [0.1, 0.15) is 21.5 Å². The van der Waals surface area contributed by atoms with Crippen LogP contribution < -0.4 is 20.2 Å². The van der Waals surface area contributed by atoms with Crippen LogP contribution in [0.5, 0.6) is 0 Å². The number of carbonyl (C=O) groups excluding carboxylic acids is 1. The number of hydrogen-bond acceptors (Lipinski definition) is 7. The van der Waals surface area contributed by atoms with Crippen molar-refractivity contribution >= 4 is 55.9 Å². The van der Waals surface area contributed by atoms with Gasteiger partial charge < -0.3 is 10.1 Å². The summed E-state index contributed by atoms with van der Waals surface area (Å²) in [5, 5.41) is 2.40. The lowest BCUT2D eigenvalue weighted by molar-refractivity contribution is 0.00891. The molecule has 0 aliphatic heterocycles. The summed E-state index contributed by atoms with van der Waals surface area (Å²) < 4.78 is 92.6. The Morgan fingerprint density at radius 2 is 1.77 bits per heavy atom. The number of halogens is 5.